The Morgan fingerprint density at radius 1 is 1.27 bits per heavy atom. The molecule has 0 radical (unpaired) electrons. The third-order valence-electron chi connectivity index (χ3n) is 3.23. The summed E-state index contributed by atoms with van der Waals surface area (Å²) in [7, 11) is 0. The minimum absolute atomic E-state index is 0.213. The fraction of sp³-hybridized carbons (Fsp3) is 0.438. The first-order valence-electron chi connectivity index (χ1n) is 7.40. The van der Waals surface area contributed by atoms with Gasteiger partial charge in [-0.05, 0) is 31.9 Å². The van der Waals surface area contributed by atoms with Gasteiger partial charge in [0.05, 0.1) is 18.0 Å². The van der Waals surface area contributed by atoms with Gasteiger partial charge in [0.1, 0.15) is 5.82 Å². The lowest BCUT2D eigenvalue weighted by Crippen LogP contribution is -2.09. The second-order valence-corrected chi connectivity index (χ2v) is 5.96. The number of esters is 1. The first kappa shape index (κ1) is 16.5. The van der Waals surface area contributed by atoms with Crippen molar-refractivity contribution < 1.29 is 9.53 Å². The molecule has 0 amide bonds. The minimum atomic E-state index is -0.213. The number of rotatable bonds is 7. The van der Waals surface area contributed by atoms with Gasteiger partial charge in [0.15, 0.2) is 5.16 Å². The summed E-state index contributed by atoms with van der Waals surface area (Å²) in [6, 6.07) is 8.04. The van der Waals surface area contributed by atoms with Crippen LogP contribution >= 0.6 is 11.8 Å². The van der Waals surface area contributed by atoms with E-state index in [1.165, 1.54) is 11.8 Å². The fourth-order valence-electron chi connectivity index (χ4n) is 2.02. The van der Waals surface area contributed by atoms with Crippen molar-refractivity contribution in [2.24, 2.45) is 0 Å². The molecule has 1 aromatic heterocycles. The Balaban J connectivity index is 2.07. The van der Waals surface area contributed by atoms with Gasteiger partial charge in [0.2, 0.25) is 0 Å². The first-order valence-corrected chi connectivity index (χ1v) is 8.38. The minimum Gasteiger partial charge on any atom is -0.465 e. The predicted molar refractivity (Wildman–Crippen MR) is 87.4 cm³/mol. The first-order chi connectivity index (χ1) is 10.6. The summed E-state index contributed by atoms with van der Waals surface area (Å²) in [6.07, 6.45) is 1.91. The van der Waals surface area contributed by atoms with Gasteiger partial charge in [-0.2, -0.15) is 0 Å². The standard InChI is InChI=1S/C16H21N3O2S/c1-4-5-10-21-15(20)11-22-16-18-17-13(3)19(16)14-9-7-6-8-12(14)2/h6-9H,4-5,10-11H2,1-3H3. The number of aryl methyl sites for hydroxylation is 2. The van der Waals surface area contributed by atoms with Crippen molar-refractivity contribution in [3.05, 3.63) is 35.7 Å². The van der Waals surface area contributed by atoms with E-state index < -0.39 is 0 Å². The molecule has 0 unspecified atom stereocenters. The second kappa shape index (κ2) is 7.98. The van der Waals surface area contributed by atoms with Gasteiger partial charge in [0, 0.05) is 0 Å². The lowest BCUT2D eigenvalue weighted by atomic mass is 10.2. The number of ether oxygens (including phenoxy) is 1. The Morgan fingerprint density at radius 2 is 2.05 bits per heavy atom. The monoisotopic (exact) mass is 319 g/mol. The fourth-order valence-corrected chi connectivity index (χ4v) is 2.81. The average Bonchev–Trinajstić information content (AvgIpc) is 2.87. The molecule has 0 fully saturated rings. The van der Waals surface area contributed by atoms with Gasteiger partial charge in [-0.15, -0.1) is 10.2 Å². The Labute approximate surface area is 135 Å². The Morgan fingerprint density at radius 3 is 2.77 bits per heavy atom. The molecule has 1 heterocycles. The van der Waals surface area contributed by atoms with Crippen molar-refractivity contribution in [2.75, 3.05) is 12.4 Å². The van der Waals surface area contributed by atoms with Crippen LogP contribution in [0, 0.1) is 13.8 Å². The van der Waals surface area contributed by atoms with E-state index in [1.807, 2.05) is 42.7 Å². The molecule has 2 rings (SSSR count). The Kier molecular flexibility index (Phi) is 6.00. The summed E-state index contributed by atoms with van der Waals surface area (Å²) in [5.41, 5.74) is 2.17. The van der Waals surface area contributed by atoms with E-state index in [2.05, 4.69) is 17.1 Å². The number of thioether (sulfide) groups is 1. The molecule has 2 aromatic rings. The highest BCUT2D eigenvalue weighted by atomic mass is 32.2. The van der Waals surface area contributed by atoms with Gasteiger partial charge in [0.25, 0.3) is 0 Å². The summed E-state index contributed by atoms with van der Waals surface area (Å²) in [5.74, 6) is 0.833. The van der Waals surface area contributed by atoms with Crippen LogP contribution in [0.25, 0.3) is 5.69 Å². The maximum atomic E-state index is 11.7. The van der Waals surface area contributed by atoms with Gasteiger partial charge >= 0.3 is 5.97 Å². The van der Waals surface area contributed by atoms with Crippen LogP contribution in [0.5, 0.6) is 0 Å². The Bertz CT molecular complexity index is 640. The maximum Gasteiger partial charge on any atom is 0.316 e. The number of nitrogens with zero attached hydrogens (tertiary/aromatic N) is 3. The van der Waals surface area contributed by atoms with Gasteiger partial charge in [-0.25, -0.2) is 0 Å². The molecule has 0 aliphatic rings. The summed E-state index contributed by atoms with van der Waals surface area (Å²) < 4.78 is 7.13. The van der Waals surface area contributed by atoms with Crippen LogP contribution in [0.2, 0.25) is 0 Å². The van der Waals surface area contributed by atoms with Crippen molar-refractivity contribution in [2.45, 2.75) is 38.8 Å². The molecule has 1 aromatic carbocycles. The van der Waals surface area contributed by atoms with Crippen molar-refractivity contribution in [3.63, 3.8) is 0 Å². The van der Waals surface area contributed by atoms with E-state index in [1.54, 1.807) is 0 Å². The van der Waals surface area contributed by atoms with E-state index in [9.17, 15) is 4.79 Å². The molecule has 0 N–H and O–H groups in total. The third-order valence-corrected chi connectivity index (χ3v) is 4.13. The molecule has 6 heteroatoms. The quantitative estimate of drug-likeness (QED) is 0.445. The molecule has 0 saturated heterocycles. The number of para-hydroxylation sites is 1. The zero-order chi connectivity index (χ0) is 15.9. The number of carbonyl (C=O) groups excluding carboxylic acids is 1. The van der Waals surface area contributed by atoms with Gasteiger partial charge < -0.3 is 4.74 Å². The summed E-state index contributed by atoms with van der Waals surface area (Å²) in [4.78, 5) is 11.7. The van der Waals surface area contributed by atoms with Crippen LogP contribution in [0.3, 0.4) is 0 Å². The molecule has 5 nitrogen and oxygen atoms in total. The van der Waals surface area contributed by atoms with Gasteiger partial charge in [-0.1, -0.05) is 43.3 Å². The second-order valence-electron chi connectivity index (χ2n) is 5.01. The molecule has 0 aliphatic heterocycles. The maximum absolute atomic E-state index is 11.7. The highest BCUT2D eigenvalue weighted by molar-refractivity contribution is 7.99. The highest BCUT2D eigenvalue weighted by Gasteiger charge is 2.14. The van der Waals surface area contributed by atoms with Crippen molar-refractivity contribution in [1.29, 1.82) is 0 Å². The summed E-state index contributed by atoms with van der Waals surface area (Å²) in [5, 5.41) is 9.00. The lowest BCUT2D eigenvalue weighted by molar-refractivity contribution is -0.140. The number of hydrogen-bond acceptors (Lipinski definition) is 5. The molecule has 118 valence electrons. The molecule has 22 heavy (non-hydrogen) atoms. The molecular weight excluding hydrogens is 298 g/mol. The SMILES string of the molecule is CCCCOC(=O)CSc1nnc(C)n1-c1ccccc1C. The zero-order valence-corrected chi connectivity index (χ0v) is 14.0. The van der Waals surface area contributed by atoms with Crippen molar-refractivity contribution in [1.82, 2.24) is 14.8 Å². The molecule has 0 aliphatic carbocycles. The Hall–Kier alpha value is -1.82. The van der Waals surface area contributed by atoms with Crippen LogP contribution < -0.4 is 0 Å². The normalized spacial score (nSPS) is 10.7. The van der Waals surface area contributed by atoms with E-state index in [0.717, 1.165) is 29.9 Å². The number of hydrogen-bond donors (Lipinski definition) is 0. The number of unbranched alkanes of at least 4 members (excludes halogenated alkanes) is 1. The van der Waals surface area contributed by atoms with Crippen LogP contribution in [0.1, 0.15) is 31.2 Å². The molecule has 0 saturated carbocycles. The summed E-state index contributed by atoms with van der Waals surface area (Å²) >= 11 is 1.35. The number of carbonyl (C=O) groups is 1. The smallest absolute Gasteiger partial charge is 0.316 e. The molecule has 0 bridgehead atoms. The largest absolute Gasteiger partial charge is 0.465 e. The van der Waals surface area contributed by atoms with Crippen LogP contribution in [-0.4, -0.2) is 33.1 Å². The van der Waals surface area contributed by atoms with E-state index in [-0.39, 0.29) is 11.7 Å². The van der Waals surface area contributed by atoms with Crippen LogP contribution in [0.4, 0.5) is 0 Å². The summed E-state index contributed by atoms with van der Waals surface area (Å²) in [6.45, 7) is 6.50. The van der Waals surface area contributed by atoms with Crippen molar-refractivity contribution in [3.8, 4) is 5.69 Å². The number of aromatic nitrogens is 3. The lowest BCUT2D eigenvalue weighted by Gasteiger charge is -2.10. The van der Waals surface area contributed by atoms with E-state index in [0.29, 0.717) is 11.8 Å². The van der Waals surface area contributed by atoms with E-state index in [4.69, 9.17) is 4.74 Å². The zero-order valence-electron chi connectivity index (χ0n) is 13.2. The third kappa shape index (κ3) is 4.10. The highest BCUT2D eigenvalue weighted by Crippen LogP contribution is 2.23. The van der Waals surface area contributed by atoms with Crippen LogP contribution in [-0.2, 0) is 9.53 Å². The molecule has 0 atom stereocenters. The molecular formula is C16H21N3O2S. The molecule has 0 spiro atoms. The number of benzene rings is 1. The van der Waals surface area contributed by atoms with Gasteiger partial charge in [-0.3, -0.25) is 9.36 Å². The average molecular weight is 319 g/mol. The van der Waals surface area contributed by atoms with E-state index >= 15 is 0 Å². The predicted octanol–water partition coefficient (Wildman–Crippen LogP) is 3.32. The van der Waals surface area contributed by atoms with Crippen molar-refractivity contribution >= 4 is 17.7 Å². The topological polar surface area (TPSA) is 57.0 Å². The van der Waals surface area contributed by atoms with Crippen LogP contribution in [0.15, 0.2) is 29.4 Å².